The first-order valence-corrected chi connectivity index (χ1v) is 5.16. The second-order valence-electron chi connectivity index (χ2n) is 3.16. The summed E-state index contributed by atoms with van der Waals surface area (Å²) in [5, 5.41) is 19.2. The van der Waals surface area contributed by atoms with Gasteiger partial charge >= 0.3 is 0 Å². The molecule has 0 saturated carbocycles. The van der Waals surface area contributed by atoms with Gasteiger partial charge in [0, 0.05) is 20.0 Å². The van der Waals surface area contributed by atoms with Crippen LogP contribution in [-0.2, 0) is 13.5 Å². The second-order valence-corrected chi connectivity index (χ2v) is 4.27. The molecule has 0 aliphatic carbocycles. The average Bonchev–Trinajstić information content (AvgIpc) is 2.33. The maximum Gasteiger partial charge on any atom is 0.266 e. The van der Waals surface area contributed by atoms with Crippen molar-refractivity contribution < 1.29 is 14.8 Å². The molecule has 1 atom stereocenters. The fourth-order valence-electron chi connectivity index (χ4n) is 1.32. The number of aliphatic hydroxyl groups is 2. The Morgan fingerprint density at radius 3 is 2.54 bits per heavy atom. The van der Waals surface area contributed by atoms with Crippen LogP contribution in [-0.4, -0.2) is 16.8 Å². The molecule has 0 amide bonds. The number of thiazole rings is 1. The second kappa shape index (κ2) is 4.17. The molecule has 13 heavy (non-hydrogen) atoms. The van der Waals surface area contributed by atoms with Gasteiger partial charge in [-0.15, -0.1) is 0 Å². The molecule has 74 valence electrons. The number of nitrogens with zero attached hydrogens (tertiary/aromatic N) is 1. The smallest absolute Gasteiger partial charge is 0.266 e. The zero-order valence-corrected chi connectivity index (χ0v) is 9.06. The van der Waals surface area contributed by atoms with Crippen molar-refractivity contribution in [3.63, 3.8) is 0 Å². The highest BCUT2D eigenvalue weighted by Crippen LogP contribution is 2.21. The van der Waals surface area contributed by atoms with Crippen LogP contribution in [0.1, 0.15) is 28.6 Å². The first-order chi connectivity index (χ1) is 6.07. The third kappa shape index (κ3) is 2.07. The van der Waals surface area contributed by atoms with Crippen molar-refractivity contribution in [2.24, 2.45) is 7.05 Å². The van der Waals surface area contributed by atoms with Crippen molar-refractivity contribution in [1.82, 2.24) is 0 Å². The fraction of sp³-hybridized carbons (Fsp3) is 0.667. The highest BCUT2D eigenvalue weighted by atomic mass is 32.1. The molecule has 1 unspecified atom stereocenters. The van der Waals surface area contributed by atoms with Crippen LogP contribution >= 0.6 is 11.3 Å². The van der Waals surface area contributed by atoms with Crippen LogP contribution in [0.4, 0.5) is 0 Å². The highest BCUT2D eigenvalue weighted by Gasteiger charge is 2.22. The van der Waals surface area contributed by atoms with Crippen molar-refractivity contribution in [2.75, 3.05) is 6.61 Å². The van der Waals surface area contributed by atoms with E-state index in [1.54, 1.807) is 18.3 Å². The van der Waals surface area contributed by atoms with E-state index in [-0.39, 0.29) is 6.61 Å². The first-order valence-electron chi connectivity index (χ1n) is 4.35. The fourth-order valence-corrected chi connectivity index (χ4v) is 2.49. The summed E-state index contributed by atoms with van der Waals surface area (Å²) in [7, 11) is 1.94. The molecule has 3 nitrogen and oxygen atoms in total. The van der Waals surface area contributed by atoms with Gasteiger partial charge in [0.25, 0.3) is 5.01 Å². The summed E-state index contributed by atoms with van der Waals surface area (Å²) in [5.74, 6) is 0. The Morgan fingerprint density at radius 2 is 2.15 bits per heavy atom. The number of aliphatic hydroxyl groups excluding tert-OH is 2. The largest absolute Gasteiger partial charge is 0.396 e. The maximum atomic E-state index is 9.44. The molecule has 0 fully saturated rings. The minimum Gasteiger partial charge on any atom is -0.396 e. The van der Waals surface area contributed by atoms with Crippen LogP contribution in [0.15, 0.2) is 0 Å². The molecule has 0 aliphatic rings. The van der Waals surface area contributed by atoms with E-state index in [0.717, 1.165) is 15.6 Å². The van der Waals surface area contributed by atoms with Gasteiger partial charge in [-0.1, -0.05) is 11.3 Å². The van der Waals surface area contributed by atoms with Crippen LogP contribution in [0.25, 0.3) is 0 Å². The molecule has 1 rings (SSSR count). The van der Waals surface area contributed by atoms with E-state index in [4.69, 9.17) is 5.11 Å². The SMILES string of the molecule is Cc1c(CCO)sc(C(C)O)[n+]1C. The molecule has 0 aromatic carbocycles. The van der Waals surface area contributed by atoms with Crippen molar-refractivity contribution in [2.45, 2.75) is 26.4 Å². The molecule has 0 bridgehead atoms. The molecule has 0 spiro atoms. The lowest BCUT2D eigenvalue weighted by Gasteiger charge is -1.94. The molecule has 0 saturated heterocycles. The predicted octanol–water partition coefficient (Wildman–Crippen LogP) is 0.469. The lowest BCUT2D eigenvalue weighted by Crippen LogP contribution is -2.34. The monoisotopic (exact) mass is 202 g/mol. The molecule has 1 aromatic rings. The van der Waals surface area contributed by atoms with Crippen LogP contribution in [0.2, 0.25) is 0 Å². The minimum absolute atomic E-state index is 0.167. The lowest BCUT2D eigenvalue weighted by atomic mass is 10.3. The van der Waals surface area contributed by atoms with Crippen LogP contribution in [0.5, 0.6) is 0 Å². The molecule has 0 aliphatic heterocycles. The number of aromatic nitrogens is 1. The van der Waals surface area contributed by atoms with Gasteiger partial charge in [-0.25, -0.2) is 0 Å². The number of hydrogen-bond donors (Lipinski definition) is 2. The minimum atomic E-state index is -0.429. The standard InChI is InChI=1S/C9H16NO2S/c1-6-8(4-5-11)13-9(7(2)12)10(6)3/h7,11-12H,4-5H2,1-3H3/q+1. The molecule has 0 radical (unpaired) electrons. The first kappa shape index (κ1) is 10.6. The Labute approximate surface area is 82.3 Å². The lowest BCUT2D eigenvalue weighted by molar-refractivity contribution is -0.683. The summed E-state index contributed by atoms with van der Waals surface area (Å²) in [6.07, 6.45) is 0.248. The van der Waals surface area contributed by atoms with E-state index in [9.17, 15) is 5.11 Å². The van der Waals surface area contributed by atoms with Crippen molar-refractivity contribution in [1.29, 1.82) is 0 Å². The molecule has 2 N–H and O–H groups in total. The van der Waals surface area contributed by atoms with Gasteiger partial charge in [0.2, 0.25) is 0 Å². The van der Waals surface area contributed by atoms with Gasteiger partial charge in [-0.05, 0) is 6.92 Å². The molecule has 1 aromatic heterocycles. The zero-order chi connectivity index (χ0) is 10.0. The molecule has 4 heteroatoms. The van der Waals surface area contributed by atoms with Gasteiger partial charge in [0.05, 0.1) is 4.88 Å². The topological polar surface area (TPSA) is 44.3 Å². The summed E-state index contributed by atoms with van der Waals surface area (Å²) in [5.41, 5.74) is 1.13. The quantitative estimate of drug-likeness (QED) is 0.700. The summed E-state index contributed by atoms with van der Waals surface area (Å²) in [4.78, 5) is 1.15. The van der Waals surface area contributed by atoms with E-state index in [2.05, 4.69) is 0 Å². The van der Waals surface area contributed by atoms with Gasteiger partial charge in [-0.3, -0.25) is 0 Å². The van der Waals surface area contributed by atoms with Crippen molar-refractivity contribution >= 4 is 11.3 Å². The van der Waals surface area contributed by atoms with Crippen molar-refractivity contribution in [3.05, 3.63) is 15.6 Å². The van der Waals surface area contributed by atoms with Gasteiger partial charge in [-0.2, -0.15) is 4.57 Å². The number of hydrogen-bond acceptors (Lipinski definition) is 3. The van der Waals surface area contributed by atoms with E-state index in [0.29, 0.717) is 6.42 Å². The Bertz CT molecular complexity index is 294. The summed E-state index contributed by atoms with van der Waals surface area (Å²) >= 11 is 1.57. The Hall–Kier alpha value is -0.450. The average molecular weight is 202 g/mol. The number of rotatable bonds is 3. The van der Waals surface area contributed by atoms with Gasteiger partial charge < -0.3 is 10.2 Å². The summed E-state index contributed by atoms with van der Waals surface area (Å²) in [6.45, 7) is 3.93. The maximum absolute atomic E-state index is 9.44. The Kier molecular flexibility index (Phi) is 3.41. The molecular weight excluding hydrogens is 186 g/mol. The van der Waals surface area contributed by atoms with E-state index in [1.807, 2.05) is 18.5 Å². The van der Waals surface area contributed by atoms with E-state index in [1.165, 1.54) is 0 Å². The van der Waals surface area contributed by atoms with Gasteiger partial charge in [0.15, 0.2) is 5.69 Å². The van der Waals surface area contributed by atoms with Crippen molar-refractivity contribution in [3.8, 4) is 0 Å². The molecule has 1 heterocycles. The third-order valence-corrected chi connectivity index (χ3v) is 3.73. The predicted molar refractivity (Wildman–Crippen MR) is 51.7 cm³/mol. The zero-order valence-electron chi connectivity index (χ0n) is 8.24. The van der Waals surface area contributed by atoms with E-state index >= 15 is 0 Å². The third-order valence-electron chi connectivity index (χ3n) is 2.16. The normalized spacial score (nSPS) is 13.3. The highest BCUT2D eigenvalue weighted by molar-refractivity contribution is 7.11. The Morgan fingerprint density at radius 1 is 1.54 bits per heavy atom. The van der Waals surface area contributed by atoms with Crippen LogP contribution in [0, 0.1) is 6.92 Å². The van der Waals surface area contributed by atoms with E-state index < -0.39 is 6.10 Å². The van der Waals surface area contributed by atoms with Crippen LogP contribution < -0.4 is 4.57 Å². The van der Waals surface area contributed by atoms with Crippen LogP contribution in [0.3, 0.4) is 0 Å². The summed E-state index contributed by atoms with van der Waals surface area (Å²) < 4.78 is 1.99. The summed E-state index contributed by atoms with van der Waals surface area (Å²) in [6, 6.07) is 0. The van der Waals surface area contributed by atoms with Gasteiger partial charge in [0.1, 0.15) is 13.2 Å². The Balaban J connectivity index is 3.05. The molecular formula is C9H16NO2S+.